The minimum atomic E-state index is -0.120. The lowest BCUT2D eigenvalue weighted by Crippen LogP contribution is -2.20. The average molecular weight is 238 g/mol. The number of benzene rings is 1. The van der Waals surface area contributed by atoms with E-state index < -0.39 is 0 Å². The second-order valence-electron chi connectivity index (χ2n) is 4.63. The summed E-state index contributed by atoms with van der Waals surface area (Å²) < 4.78 is 13.1. The van der Waals surface area contributed by atoms with Gasteiger partial charge in [-0.1, -0.05) is 12.1 Å². The summed E-state index contributed by atoms with van der Waals surface area (Å²) in [6, 6.07) is 5.35. The molecular formula is C14H23FN2. The molecule has 1 aromatic rings. The molecule has 96 valence electrons. The van der Waals surface area contributed by atoms with Crippen LogP contribution in [0.15, 0.2) is 18.2 Å². The van der Waals surface area contributed by atoms with Crippen LogP contribution >= 0.6 is 0 Å². The molecule has 0 amide bonds. The Kier molecular flexibility index (Phi) is 6.16. The van der Waals surface area contributed by atoms with Gasteiger partial charge in [0.25, 0.3) is 0 Å². The lowest BCUT2D eigenvalue weighted by Gasteiger charge is -2.17. The number of halogens is 1. The highest BCUT2D eigenvalue weighted by atomic mass is 19.1. The van der Waals surface area contributed by atoms with Crippen LogP contribution in [0.25, 0.3) is 0 Å². The van der Waals surface area contributed by atoms with Gasteiger partial charge in [0.1, 0.15) is 5.82 Å². The van der Waals surface area contributed by atoms with Gasteiger partial charge >= 0.3 is 0 Å². The normalized spacial score (nSPS) is 11.1. The summed E-state index contributed by atoms with van der Waals surface area (Å²) in [4.78, 5) is 2.28. The van der Waals surface area contributed by atoms with Crippen molar-refractivity contribution >= 4 is 0 Å². The third-order valence-corrected chi connectivity index (χ3v) is 2.89. The van der Waals surface area contributed by atoms with Crippen LogP contribution in [0, 0.1) is 12.7 Å². The van der Waals surface area contributed by atoms with Gasteiger partial charge in [0.05, 0.1) is 0 Å². The molecule has 0 bridgehead atoms. The first-order chi connectivity index (χ1) is 8.13. The van der Waals surface area contributed by atoms with Crippen molar-refractivity contribution in [1.29, 1.82) is 0 Å². The van der Waals surface area contributed by atoms with Gasteiger partial charge in [0.2, 0.25) is 0 Å². The van der Waals surface area contributed by atoms with E-state index in [0.717, 1.165) is 25.2 Å². The fourth-order valence-electron chi connectivity index (χ4n) is 1.88. The molecule has 0 saturated carbocycles. The van der Waals surface area contributed by atoms with Crippen LogP contribution in [-0.2, 0) is 6.54 Å². The fraction of sp³-hybridized carbons (Fsp3) is 0.571. The van der Waals surface area contributed by atoms with E-state index in [2.05, 4.69) is 17.3 Å². The highest BCUT2D eigenvalue weighted by molar-refractivity contribution is 5.23. The Balaban J connectivity index is 2.34. The standard InChI is InChI=1S/C14H23FN2/c1-12-10-13(6-7-14(12)15)11-17(3)9-5-4-8-16-2/h6-7,10,16H,4-5,8-9,11H2,1-3H3. The molecule has 0 aliphatic heterocycles. The van der Waals surface area contributed by atoms with E-state index in [-0.39, 0.29) is 5.82 Å². The van der Waals surface area contributed by atoms with Gasteiger partial charge in [-0.2, -0.15) is 0 Å². The molecule has 0 fully saturated rings. The van der Waals surface area contributed by atoms with Crippen LogP contribution in [0.5, 0.6) is 0 Å². The predicted molar refractivity (Wildman–Crippen MR) is 70.6 cm³/mol. The average Bonchev–Trinajstić information content (AvgIpc) is 2.30. The van der Waals surface area contributed by atoms with Crippen molar-refractivity contribution in [2.75, 3.05) is 27.2 Å². The molecular weight excluding hydrogens is 215 g/mol. The smallest absolute Gasteiger partial charge is 0.126 e. The SMILES string of the molecule is CNCCCCN(C)Cc1ccc(F)c(C)c1. The van der Waals surface area contributed by atoms with Gasteiger partial charge in [-0.25, -0.2) is 4.39 Å². The summed E-state index contributed by atoms with van der Waals surface area (Å²) in [5, 5.41) is 3.14. The van der Waals surface area contributed by atoms with Gasteiger partial charge in [-0.05, 0) is 64.1 Å². The second kappa shape index (κ2) is 7.41. The summed E-state index contributed by atoms with van der Waals surface area (Å²) in [6.45, 7) is 4.86. The molecule has 0 saturated heterocycles. The molecule has 17 heavy (non-hydrogen) atoms. The maximum absolute atomic E-state index is 13.1. The van der Waals surface area contributed by atoms with Crippen molar-refractivity contribution in [3.8, 4) is 0 Å². The molecule has 3 heteroatoms. The molecule has 1 rings (SSSR count). The number of nitrogens with zero attached hydrogens (tertiary/aromatic N) is 1. The summed E-state index contributed by atoms with van der Waals surface area (Å²) in [5.41, 5.74) is 1.91. The summed E-state index contributed by atoms with van der Waals surface area (Å²) in [5.74, 6) is -0.120. The Morgan fingerprint density at radius 2 is 2.06 bits per heavy atom. The molecule has 0 aliphatic carbocycles. The van der Waals surface area contributed by atoms with E-state index in [4.69, 9.17) is 0 Å². The molecule has 0 atom stereocenters. The lowest BCUT2D eigenvalue weighted by molar-refractivity contribution is 0.318. The van der Waals surface area contributed by atoms with E-state index in [0.29, 0.717) is 0 Å². The topological polar surface area (TPSA) is 15.3 Å². The fourth-order valence-corrected chi connectivity index (χ4v) is 1.88. The molecule has 0 aromatic heterocycles. The Morgan fingerprint density at radius 1 is 1.29 bits per heavy atom. The van der Waals surface area contributed by atoms with Gasteiger partial charge < -0.3 is 10.2 Å². The van der Waals surface area contributed by atoms with E-state index in [9.17, 15) is 4.39 Å². The number of hydrogen-bond donors (Lipinski definition) is 1. The molecule has 0 aliphatic rings. The molecule has 2 nitrogen and oxygen atoms in total. The third kappa shape index (κ3) is 5.29. The zero-order chi connectivity index (χ0) is 12.7. The van der Waals surface area contributed by atoms with Crippen LogP contribution < -0.4 is 5.32 Å². The van der Waals surface area contributed by atoms with Crippen LogP contribution in [0.2, 0.25) is 0 Å². The Hall–Kier alpha value is -0.930. The van der Waals surface area contributed by atoms with Gasteiger partial charge in [-0.3, -0.25) is 0 Å². The Labute approximate surface area is 104 Å². The number of unbranched alkanes of at least 4 members (excludes halogenated alkanes) is 1. The van der Waals surface area contributed by atoms with Crippen LogP contribution in [0.3, 0.4) is 0 Å². The molecule has 1 N–H and O–H groups in total. The van der Waals surface area contributed by atoms with Crippen molar-refractivity contribution in [1.82, 2.24) is 10.2 Å². The highest BCUT2D eigenvalue weighted by Crippen LogP contribution is 2.11. The first kappa shape index (κ1) is 14.1. The predicted octanol–water partition coefficient (Wildman–Crippen LogP) is 2.57. The Bertz CT molecular complexity index is 339. The largest absolute Gasteiger partial charge is 0.320 e. The molecule has 0 spiro atoms. The van der Waals surface area contributed by atoms with E-state index in [1.54, 1.807) is 6.07 Å². The lowest BCUT2D eigenvalue weighted by atomic mass is 10.1. The minimum absolute atomic E-state index is 0.120. The third-order valence-electron chi connectivity index (χ3n) is 2.89. The quantitative estimate of drug-likeness (QED) is 0.734. The van der Waals surface area contributed by atoms with Crippen molar-refractivity contribution in [2.45, 2.75) is 26.3 Å². The van der Waals surface area contributed by atoms with E-state index in [1.807, 2.05) is 26.1 Å². The van der Waals surface area contributed by atoms with Crippen molar-refractivity contribution in [3.05, 3.63) is 35.1 Å². The van der Waals surface area contributed by atoms with Crippen molar-refractivity contribution in [2.24, 2.45) is 0 Å². The molecule has 1 aromatic carbocycles. The zero-order valence-electron chi connectivity index (χ0n) is 11.1. The molecule has 0 radical (unpaired) electrons. The zero-order valence-corrected chi connectivity index (χ0v) is 11.1. The van der Waals surface area contributed by atoms with Gasteiger partial charge in [0, 0.05) is 6.54 Å². The van der Waals surface area contributed by atoms with E-state index in [1.165, 1.54) is 18.4 Å². The number of aryl methyl sites for hydroxylation is 1. The number of hydrogen-bond acceptors (Lipinski definition) is 2. The first-order valence-corrected chi connectivity index (χ1v) is 6.21. The number of nitrogens with one attached hydrogen (secondary N) is 1. The number of rotatable bonds is 7. The maximum atomic E-state index is 13.1. The van der Waals surface area contributed by atoms with E-state index >= 15 is 0 Å². The first-order valence-electron chi connectivity index (χ1n) is 6.21. The minimum Gasteiger partial charge on any atom is -0.320 e. The van der Waals surface area contributed by atoms with Crippen LogP contribution in [0.1, 0.15) is 24.0 Å². The molecule has 0 unspecified atom stereocenters. The van der Waals surface area contributed by atoms with Gasteiger partial charge in [0.15, 0.2) is 0 Å². The van der Waals surface area contributed by atoms with Crippen molar-refractivity contribution < 1.29 is 4.39 Å². The summed E-state index contributed by atoms with van der Waals surface area (Å²) >= 11 is 0. The Morgan fingerprint density at radius 3 is 2.71 bits per heavy atom. The summed E-state index contributed by atoms with van der Waals surface area (Å²) in [7, 11) is 4.09. The van der Waals surface area contributed by atoms with Crippen LogP contribution in [-0.4, -0.2) is 32.1 Å². The molecule has 0 heterocycles. The van der Waals surface area contributed by atoms with Gasteiger partial charge in [-0.15, -0.1) is 0 Å². The van der Waals surface area contributed by atoms with Crippen LogP contribution in [0.4, 0.5) is 4.39 Å². The summed E-state index contributed by atoms with van der Waals surface area (Å²) in [6.07, 6.45) is 2.39. The van der Waals surface area contributed by atoms with Crippen molar-refractivity contribution in [3.63, 3.8) is 0 Å². The monoisotopic (exact) mass is 238 g/mol. The highest BCUT2D eigenvalue weighted by Gasteiger charge is 2.02. The maximum Gasteiger partial charge on any atom is 0.126 e. The second-order valence-corrected chi connectivity index (χ2v) is 4.63.